The Labute approximate surface area is 197 Å². The van der Waals surface area contributed by atoms with Crippen molar-refractivity contribution < 1.29 is 17.9 Å². The lowest BCUT2D eigenvalue weighted by Gasteiger charge is -2.40. The highest BCUT2D eigenvalue weighted by Gasteiger charge is 2.37. The number of aryl methyl sites for hydroxylation is 3. The number of morpholine rings is 1. The third-order valence-corrected chi connectivity index (χ3v) is 8.95. The van der Waals surface area contributed by atoms with E-state index in [0.29, 0.717) is 43.9 Å². The molecule has 0 saturated carbocycles. The van der Waals surface area contributed by atoms with Crippen LogP contribution in [0.15, 0.2) is 47.4 Å². The van der Waals surface area contributed by atoms with E-state index in [9.17, 15) is 13.2 Å². The van der Waals surface area contributed by atoms with Crippen LogP contribution in [0.3, 0.4) is 0 Å². The first-order valence-electron chi connectivity index (χ1n) is 11.7. The molecule has 2 aliphatic heterocycles. The molecule has 2 aromatic rings. The smallest absolute Gasteiger partial charge is 0.243 e. The third-order valence-electron chi connectivity index (χ3n) is 6.75. The van der Waals surface area contributed by atoms with Gasteiger partial charge in [-0.25, -0.2) is 8.42 Å². The summed E-state index contributed by atoms with van der Waals surface area (Å²) < 4.78 is 34.4. The van der Waals surface area contributed by atoms with Crippen LogP contribution in [0.25, 0.3) is 0 Å². The molecule has 2 atom stereocenters. The van der Waals surface area contributed by atoms with Crippen molar-refractivity contribution in [2.75, 3.05) is 26.2 Å². The molecule has 178 valence electrons. The van der Waals surface area contributed by atoms with E-state index in [-0.39, 0.29) is 24.0 Å². The number of sulfonamides is 1. The quantitative estimate of drug-likeness (QED) is 0.677. The minimum Gasteiger partial charge on any atom is -0.367 e. The molecule has 0 spiro atoms. The number of benzene rings is 2. The first-order valence-corrected chi connectivity index (χ1v) is 13.2. The van der Waals surface area contributed by atoms with Crippen LogP contribution in [0, 0.1) is 26.7 Å². The Kier molecular flexibility index (Phi) is 6.93. The minimum absolute atomic E-state index is 0.0409. The fraction of sp³-hybridized carbons (Fsp3) is 0.500. The van der Waals surface area contributed by atoms with Gasteiger partial charge in [-0.05, 0) is 57.2 Å². The Morgan fingerprint density at radius 3 is 2.18 bits per heavy atom. The van der Waals surface area contributed by atoms with E-state index in [1.54, 1.807) is 4.31 Å². The Morgan fingerprint density at radius 2 is 1.58 bits per heavy atom. The van der Waals surface area contributed by atoms with Crippen LogP contribution in [0.4, 0.5) is 0 Å². The molecule has 2 aromatic carbocycles. The molecule has 0 N–H and O–H groups in total. The highest BCUT2D eigenvalue weighted by Crippen LogP contribution is 2.31. The molecule has 0 bridgehead atoms. The van der Waals surface area contributed by atoms with Gasteiger partial charge in [-0.3, -0.25) is 4.79 Å². The fourth-order valence-electron chi connectivity index (χ4n) is 5.29. The number of carbonyl (C=O) groups excluding carboxylic acids is 1. The zero-order valence-corrected chi connectivity index (χ0v) is 20.8. The van der Waals surface area contributed by atoms with Gasteiger partial charge in [-0.1, -0.05) is 48.0 Å². The fourth-order valence-corrected chi connectivity index (χ4v) is 7.17. The Hall–Kier alpha value is -2.22. The number of nitrogens with zero attached hydrogens (tertiary/aromatic N) is 2. The van der Waals surface area contributed by atoms with Crippen molar-refractivity contribution in [2.45, 2.75) is 57.6 Å². The van der Waals surface area contributed by atoms with Gasteiger partial charge in [0.1, 0.15) is 6.10 Å². The first-order chi connectivity index (χ1) is 15.7. The van der Waals surface area contributed by atoms with E-state index in [4.69, 9.17) is 4.74 Å². The molecule has 0 aromatic heterocycles. The summed E-state index contributed by atoms with van der Waals surface area (Å²) in [6.45, 7) is 9.52. The monoisotopic (exact) mass is 470 g/mol. The second kappa shape index (κ2) is 9.57. The summed E-state index contributed by atoms with van der Waals surface area (Å²) in [4.78, 5) is 15.7. The standard InChI is InChI=1S/C26H34N2O4S/c1-18-14-19(2)25(20(3)15-18)33(30,31)28-12-10-23(11-13-28)26(29)27-16-21(4)32-24(17-27)22-8-6-5-7-9-22/h5-9,14-15,21,23-24H,10-13,16-17H2,1-4H3. The molecule has 6 nitrogen and oxygen atoms in total. The number of ether oxygens (including phenoxy) is 1. The van der Waals surface area contributed by atoms with Gasteiger partial charge in [-0.2, -0.15) is 4.31 Å². The zero-order chi connectivity index (χ0) is 23.8. The summed E-state index contributed by atoms with van der Waals surface area (Å²) in [5.74, 6) is -0.0378. The molecule has 1 amide bonds. The largest absolute Gasteiger partial charge is 0.367 e. The van der Waals surface area contributed by atoms with E-state index in [1.807, 2.05) is 75.1 Å². The predicted molar refractivity (Wildman–Crippen MR) is 128 cm³/mol. The van der Waals surface area contributed by atoms with Crippen LogP contribution in [-0.4, -0.2) is 55.8 Å². The first kappa shape index (κ1) is 23.9. The number of carbonyl (C=O) groups is 1. The van der Waals surface area contributed by atoms with Crippen LogP contribution in [0.2, 0.25) is 0 Å². The van der Waals surface area contributed by atoms with Crippen LogP contribution < -0.4 is 0 Å². The lowest BCUT2D eigenvalue weighted by Crippen LogP contribution is -2.50. The summed E-state index contributed by atoms with van der Waals surface area (Å²) in [5.41, 5.74) is 3.69. The lowest BCUT2D eigenvalue weighted by atomic mass is 9.95. The van der Waals surface area contributed by atoms with Gasteiger partial charge in [0.2, 0.25) is 15.9 Å². The summed E-state index contributed by atoms with van der Waals surface area (Å²) in [6.07, 6.45) is 0.917. The third kappa shape index (κ3) is 5.00. The topological polar surface area (TPSA) is 66.9 Å². The van der Waals surface area contributed by atoms with Crippen molar-refractivity contribution in [1.82, 2.24) is 9.21 Å². The predicted octanol–water partition coefficient (Wildman–Crippen LogP) is 4.00. The molecular weight excluding hydrogens is 436 g/mol. The van der Waals surface area contributed by atoms with Gasteiger partial charge in [0.05, 0.1) is 17.5 Å². The van der Waals surface area contributed by atoms with E-state index < -0.39 is 10.0 Å². The van der Waals surface area contributed by atoms with E-state index in [1.165, 1.54) is 0 Å². The Balaban J connectivity index is 1.43. The van der Waals surface area contributed by atoms with E-state index in [2.05, 4.69) is 0 Å². The molecule has 0 radical (unpaired) electrons. The molecule has 0 aliphatic carbocycles. The number of hydrogen-bond acceptors (Lipinski definition) is 4. The number of hydrogen-bond donors (Lipinski definition) is 0. The molecule has 2 heterocycles. The second-order valence-corrected chi connectivity index (χ2v) is 11.4. The summed E-state index contributed by atoms with van der Waals surface area (Å²) >= 11 is 0. The van der Waals surface area contributed by atoms with Crippen molar-refractivity contribution >= 4 is 15.9 Å². The van der Waals surface area contributed by atoms with Crippen LogP contribution in [0.1, 0.15) is 48.1 Å². The van der Waals surface area contributed by atoms with Crippen molar-refractivity contribution in [3.63, 3.8) is 0 Å². The SMILES string of the molecule is Cc1cc(C)c(S(=O)(=O)N2CCC(C(=O)N3CC(C)OC(c4ccccc4)C3)CC2)c(C)c1. The number of amides is 1. The van der Waals surface area contributed by atoms with Gasteiger partial charge in [0, 0.05) is 25.6 Å². The second-order valence-electron chi connectivity index (χ2n) is 9.50. The van der Waals surface area contributed by atoms with Crippen LogP contribution in [-0.2, 0) is 19.6 Å². The van der Waals surface area contributed by atoms with Crippen molar-refractivity contribution in [3.8, 4) is 0 Å². The number of rotatable bonds is 4. The molecular formula is C26H34N2O4S. The molecule has 4 rings (SSSR count). The van der Waals surface area contributed by atoms with Gasteiger partial charge < -0.3 is 9.64 Å². The molecule has 2 unspecified atom stereocenters. The molecule has 7 heteroatoms. The van der Waals surface area contributed by atoms with Gasteiger partial charge in [0.25, 0.3) is 0 Å². The average molecular weight is 471 g/mol. The Morgan fingerprint density at radius 1 is 0.970 bits per heavy atom. The molecule has 2 aliphatic rings. The zero-order valence-electron chi connectivity index (χ0n) is 20.0. The van der Waals surface area contributed by atoms with E-state index >= 15 is 0 Å². The van der Waals surface area contributed by atoms with Gasteiger partial charge in [0.15, 0.2) is 0 Å². The summed E-state index contributed by atoms with van der Waals surface area (Å²) in [7, 11) is -3.58. The van der Waals surface area contributed by atoms with Crippen molar-refractivity contribution in [2.24, 2.45) is 5.92 Å². The summed E-state index contributed by atoms with van der Waals surface area (Å²) in [6, 6.07) is 13.8. The van der Waals surface area contributed by atoms with E-state index in [0.717, 1.165) is 22.3 Å². The highest BCUT2D eigenvalue weighted by atomic mass is 32.2. The van der Waals surface area contributed by atoms with Crippen LogP contribution >= 0.6 is 0 Å². The van der Waals surface area contributed by atoms with Gasteiger partial charge in [-0.15, -0.1) is 0 Å². The minimum atomic E-state index is -3.58. The lowest BCUT2D eigenvalue weighted by molar-refractivity contribution is -0.150. The molecule has 33 heavy (non-hydrogen) atoms. The molecule has 2 fully saturated rings. The van der Waals surface area contributed by atoms with Crippen LogP contribution in [0.5, 0.6) is 0 Å². The maximum Gasteiger partial charge on any atom is 0.243 e. The maximum atomic E-state index is 13.4. The van der Waals surface area contributed by atoms with Crippen molar-refractivity contribution in [3.05, 3.63) is 64.7 Å². The average Bonchev–Trinajstić information content (AvgIpc) is 2.78. The highest BCUT2D eigenvalue weighted by molar-refractivity contribution is 7.89. The Bertz CT molecular complexity index is 1090. The normalized spacial score (nSPS) is 23.0. The number of piperidine rings is 1. The van der Waals surface area contributed by atoms with Crippen molar-refractivity contribution in [1.29, 1.82) is 0 Å². The summed E-state index contributed by atoms with van der Waals surface area (Å²) in [5, 5.41) is 0. The maximum absolute atomic E-state index is 13.4. The van der Waals surface area contributed by atoms with Gasteiger partial charge >= 0.3 is 0 Å². The molecule has 2 saturated heterocycles.